The van der Waals surface area contributed by atoms with Gasteiger partial charge in [0.2, 0.25) is 0 Å². The van der Waals surface area contributed by atoms with Crippen LogP contribution < -0.4 is 4.90 Å². The third-order valence-electron chi connectivity index (χ3n) is 4.83. The highest BCUT2D eigenvalue weighted by molar-refractivity contribution is 6.51. The third kappa shape index (κ3) is 3.70. The molecule has 4 nitrogen and oxygen atoms in total. The second-order valence-corrected chi connectivity index (χ2v) is 8.02. The molecule has 0 aliphatic carbocycles. The lowest BCUT2D eigenvalue weighted by atomic mass is 9.95. The molecule has 4 rings (SSSR count). The number of Topliss-reactive ketones (excluding diaryl/α,β-unsaturated/α-hetero) is 1. The van der Waals surface area contributed by atoms with Gasteiger partial charge in [-0.1, -0.05) is 53.0 Å². The molecule has 1 aliphatic rings. The predicted molar refractivity (Wildman–Crippen MR) is 119 cm³/mol. The van der Waals surface area contributed by atoms with Crippen LogP contribution in [0.5, 0.6) is 0 Å². The molecule has 0 radical (unpaired) electrons. The van der Waals surface area contributed by atoms with E-state index in [9.17, 15) is 14.7 Å². The number of carbonyl (C=O) groups is 2. The normalized spacial score (nSPS) is 18.1. The van der Waals surface area contributed by atoms with Gasteiger partial charge in [0.05, 0.1) is 11.6 Å². The molecular weight excluding hydrogens is 445 g/mol. The quantitative estimate of drug-likeness (QED) is 0.286. The number of ketones is 1. The molecule has 1 heterocycles. The Bertz CT molecular complexity index is 1170. The van der Waals surface area contributed by atoms with Gasteiger partial charge in [0.15, 0.2) is 0 Å². The minimum Gasteiger partial charge on any atom is -0.507 e. The number of hydrogen-bond acceptors (Lipinski definition) is 3. The van der Waals surface area contributed by atoms with Crippen LogP contribution in [-0.4, -0.2) is 16.8 Å². The fourth-order valence-electron chi connectivity index (χ4n) is 3.45. The average Bonchev–Trinajstić information content (AvgIpc) is 2.99. The van der Waals surface area contributed by atoms with Gasteiger partial charge >= 0.3 is 0 Å². The van der Waals surface area contributed by atoms with Crippen LogP contribution in [0.1, 0.15) is 17.2 Å². The van der Waals surface area contributed by atoms with Gasteiger partial charge in [0, 0.05) is 26.3 Å². The summed E-state index contributed by atoms with van der Waals surface area (Å²) >= 11 is 18.1. The molecule has 0 aromatic heterocycles. The van der Waals surface area contributed by atoms with Crippen molar-refractivity contribution < 1.29 is 14.7 Å². The third-order valence-corrected chi connectivity index (χ3v) is 5.57. The van der Waals surface area contributed by atoms with Crippen molar-refractivity contribution in [1.82, 2.24) is 0 Å². The van der Waals surface area contributed by atoms with E-state index in [0.717, 1.165) is 0 Å². The first-order chi connectivity index (χ1) is 14.4. The molecule has 0 bridgehead atoms. The number of anilines is 1. The van der Waals surface area contributed by atoms with Gasteiger partial charge < -0.3 is 5.11 Å². The van der Waals surface area contributed by atoms with E-state index in [2.05, 4.69) is 0 Å². The molecule has 7 heteroatoms. The number of aliphatic hydroxyl groups excluding tert-OH is 1. The van der Waals surface area contributed by atoms with Crippen LogP contribution in [0.2, 0.25) is 15.1 Å². The molecular formula is C23H14Cl3NO3. The Hall–Kier alpha value is -2.79. The summed E-state index contributed by atoms with van der Waals surface area (Å²) in [5, 5.41) is 12.4. The summed E-state index contributed by atoms with van der Waals surface area (Å²) in [6, 6.07) is 18.9. The van der Waals surface area contributed by atoms with Gasteiger partial charge in [0.1, 0.15) is 5.76 Å². The van der Waals surface area contributed by atoms with E-state index in [1.54, 1.807) is 72.8 Å². The van der Waals surface area contributed by atoms with Crippen molar-refractivity contribution in [3.63, 3.8) is 0 Å². The maximum absolute atomic E-state index is 13.0. The zero-order valence-electron chi connectivity index (χ0n) is 15.4. The fraction of sp³-hybridized carbons (Fsp3) is 0.0435. The first-order valence-electron chi connectivity index (χ1n) is 8.95. The molecule has 3 aromatic rings. The van der Waals surface area contributed by atoms with Crippen LogP contribution in [0.25, 0.3) is 5.76 Å². The summed E-state index contributed by atoms with van der Waals surface area (Å²) in [5.74, 6) is -1.83. The molecule has 1 fully saturated rings. The van der Waals surface area contributed by atoms with E-state index in [1.165, 1.54) is 4.90 Å². The maximum atomic E-state index is 13.0. The number of halogens is 3. The molecule has 1 saturated heterocycles. The summed E-state index contributed by atoms with van der Waals surface area (Å²) < 4.78 is 0. The smallest absolute Gasteiger partial charge is 0.300 e. The van der Waals surface area contributed by atoms with E-state index >= 15 is 0 Å². The highest BCUT2D eigenvalue weighted by atomic mass is 35.5. The SMILES string of the molecule is O=C1C(=O)N(c2cccc(Cl)c2)C(c2ccc(Cl)cc2)C1=C(O)c1ccc(Cl)cc1. The lowest BCUT2D eigenvalue weighted by molar-refractivity contribution is -0.132. The van der Waals surface area contributed by atoms with Gasteiger partial charge in [-0.3, -0.25) is 14.5 Å². The molecule has 1 atom stereocenters. The minimum absolute atomic E-state index is 0.0235. The van der Waals surface area contributed by atoms with Crippen molar-refractivity contribution in [1.29, 1.82) is 0 Å². The van der Waals surface area contributed by atoms with Crippen molar-refractivity contribution in [3.05, 3.63) is 105 Å². The molecule has 1 unspecified atom stereocenters. The second kappa shape index (κ2) is 8.15. The maximum Gasteiger partial charge on any atom is 0.300 e. The minimum atomic E-state index is -0.851. The van der Waals surface area contributed by atoms with E-state index in [0.29, 0.717) is 31.9 Å². The molecule has 1 amide bonds. The zero-order valence-corrected chi connectivity index (χ0v) is 17.6. The molecule has 30 heavy (non-hydrogen) atoms. The van der Waals surface area contributed by atoms with Crippen LogP contribution in [0.4, 0.5) is 5.69 Å². The summed E-state index contributed by atoms with van der Waals surface area (Å²) in [4.78, 5) is 27.4. The molecule has 150 valence electrons. The molecule has 1 N–H and O–H groups in total. The lowest BCUT2D eigenvalue weighted by Crippen LogP contribution is -2.29. The van der Waals surface area contributed by atoms with Gasteiger partial charge in [-0.2, -0.15) is 0 Å². The number of benzene rings is 3. The second-order valence-electron chi connectivity index (χ2n) is 6.71. The molecule has 0 saturated carbocycles. The summed E-state index contributed by atoms with van der Waals surface area (Å²) in [6.45, 7) is 0. The predicted octanol–water partition coefficient (Wildman–Crippen LogP) is 6.27. The van der Waals surface area contributed by atoms with Crippen LogP contribution >= 0.6 is 34.8 Å². The highest BCUT2D eigenvalue weighted by Crippen LogP contribution is 2.42. The van der Waals surface area contributed by atoms with Gasteiger partial charge in [-0.25, -0.2) is 0 Å². The number of nitrogens with zero attached hydrogens (tertiary/aromatic N) is 1. The van der Waals surface area contributed by atoms with E-state index in [1.807, 2.05) is 0 Å². The Morgan fingerprint density at radius 3 is 2.00 bits per heavy atom. The highest BCUT2D eigenvalue weighted by Gasteiger charge is 2.47. The van der Waals surface area contributed by atoms with Crippen LogP contribution in [0.3, 0.4) is 0 Å². The van der Waals surface area contributed by atoms with Crippen LogP contribution in [0, 0.1) is 0 Å². The van der Waals surface area contributed by atoms with Crippen molar-refractivity contribution in [2.45, 2.75) is 6.04 Å². The number of hydrogen-bond donors (Lipinski definition) is 1. The zero-order chi connectivity index (χ0) is 21.4. The van der Waals surface area contributed by atoms with E-state index in [4.69, 9.17) is 34.8 Å². The van der Waals surface area contributed by atoms with Crippen LogP contribution in [0.15, 0.2) is 78.4 Å². The Morgan fingerprint density at radius 2 is 1.40 bits per heavy atom. The van der Waals surface area contributed by atoms with Crippen molar-refractivity contribution in [2.75, 3.05) is 4.90 Å². The lowest BCUT2D eigenvalue weighted by Gasteiger charge is -2.25. The first-order valence-corrected chi connectivity index (χ1v) is 10.1. The Balaban J connectivity index is 1.95. The van der Waals surface area contributed by atoms with Crippen molar-refractivity contribution >= 4 is 57.9 Å². The van der Waals surface area contributed by atoms with Gasteiger partial charge in [-0.15, -0.1) is 0 Å². The number of rotatable bonds is 3. The fourth-order valence-corrected chi connectivity index (χ4v) is 3.89. The van der Waals surface area contributed by atoms with Crippen LogP contribution in [-0.2, 0) is 9.59 Å². The monoisotopic (exact) mass is 457 g/mol. The number of aliphatic hydroxyl groups is 1. The number of amides is 1. The van der Waals surface area contributed by atoms with Gasteiger partial charge in [-0.05, 0) is 60.2 Å². The summed E-state index contributed by atoms with van der Waals surface area (Å²) in [7, 11) is 0. The molecule has 0 spiro atoms. The topological polar surface area (TPSA) is 57.6 Å². The largest absolute Gasteiger partial charge is 0.507 e. The van der Waals surface area contributed by atoms with Gasteiger partial charge in [0.25, 0.3) is 11.7 Å². The molecule has 1 aliphatic heterocycles. The van der Waals surface area contributed by atoms with Crippen molar-refractivity contribution in [3.8, 4) is 0 Å². The van der Waals surface area contributed by atoms with E-state index in [-0.39, 0.29) is 11.3 Å². The summed E-state index contributed by atoms with van der Waals surface area (Å²) in [6.07, 6.45) is 0. The number of carbonyl (C=O) groups excluding carboxylic acids is 2. The summed E-state index contributed by atoms with van der Waals surface area (Å²) in [5.41, 5.74) is 1.42. The Labute approximate surface area is 187 Å². The Morgan fingerprint density at radius 1 is 0.800 bits per heavy atom. The average molecular weight is 459 g/mol. The first kappa shape index (κ1) is 20.5. The van der Waals surface area contributed by atoms with E-state index < -0.39 is 17.7 Å². The molecule has 3 aromatic carbocycles. The van der Waals surface area contributed by atoms with Crippen molar-refractivity contribution in [2.24, 2.45) is 0 Å². The Kier molecular flexibility index (Phi) is 5.56. The standard InChI is InChI=1S/C23H14Cl3NO3/c24-15-8-4-13(5-9-15)20-19(21(28)14-6-10-16(25)11-7-14)22(29)23(30)27(20)18-3-1-2-17(26)12-18/h1-12,20,28H.